The molecule has 2 heterocycles. The van der Waals surface area contributed by atoms with E-state index in [0.717, 1.165) is 10.8 Å². The number of aliphatic hydroxyl groups is 1. The van der Waals surface area contributed by atoms with Crippen molar-refractivity contribution >= 4 is 11.6 Å². The van der Waals surface area contributed by atoms with Crippen LogP contribution in [0.3, 0.4) is 0 Å². The van der Waals surface area contributed by atoms with Gasteiger partial charge in [-0.15, -0.1) is 0 Å². The molecule has 1 aromatic rings. The number of alkyl halides is 1. The Hall–Kier alpha value is -1.18. The molecule has 0 aliphatic carbocycles. The van der Waals surface area contributed by atoms with E-state index in [4.69, 9.17) is 21.4 Å². The highest BCUT2D eigenvalue weighted by molar-refractivity contribution is 6.30. The highest BCUT2D eigenvalue weighted by Gasteiger charge is 2.36. The Morgan fingerprint density at radius 3 is 2.94 bits per heavy atom. The van der Waals surface area contributed by atoms with Crippen LogP contribution in [0.4, 0.5) is 4.39 Å². The van der Waals surface area contributed by atoms with Crippen molar-refractivity contribution < 1.29 is 14.2 Å². The van der Waals surface area contributed by atoms with Gasteiger partial charge in [-0.3, -0.25) is 14.3 Å². The van der Waals surface area contributed by atoms with Crippen LogP contribution >= 0.6 is 11.6 Å². The van der Waals surface area contributed by atoms with Crippen molar-refractivity contribution in [1.29, 1.82) is 0 Å². The van der Waals surface area contributed by atoms with Crippen molar-refractivity contribution in [2.75, 3.05) is 6.61 Å². The van der Waals surface area contributed by atoms with Crippen LogP contribution in [0.25, 0.3) is 0 Å². The average molecular weight is 265 g/mol. The molecule has 0 amide bonds. The van der Waals surface area contributed by atoms with Crippen molar-refractivity contribution in [2.24, 2.45) is 0 Å². The fourth-order valence-electron chi connectivity index (χ4n) is 1.70. The zero-order valence-corrected chi connectivity index (χ0v) is 9.35. The molecule has 1 aliphatic heterocycles. The van der Waals surface area contributed by atoms with Crippen LogP contribution in [0, 0.1) is 0 Å². The maximum Gasteiger partial charge on any atom is 0.330 e. The van der Waals surface area contributed by atoms with Crippen LogP contribution in [-0.2, 0) is 4.74 Å². The summed E-state index contributed by atoms with van der Waals surface area (Å²) in [4.78, 5) is 24.5. The number of nitrogens with zero attached hydrogens (tertiary/aromatic N) is 1. The Morgan fingerprint density at radius 2 is 2.35 bits per heavy atom. The zero-order valence-electron chi connectivity index (χ0n) is 8.60. The first-order valence-corrected chi connectivity index (χ1v) is 5.32. The number of aliphatic hydroxyl groups excluding tert-OH is 1. The molecule has 6 nitrogen and oxygen atoms in total. The predicted molar refractivity (Wildman–Crippen MR) is 56.8 cm³/mol. The van der Waals surface area contributed by atoms with Gasteiger partial charge in [0.25, 0.3) is 5.56 Å². The highest BCUT2D eigenvalue weighted by Crippen LogP contribution is 2.29. The van der Waals surface area contributed by atoms with Gasteiger partial charge in [-0.2, -0.15) is 0 Å². The van der Waals surface area contributed by atoms with Gasteiger partial charge in [-0.25, -0.2) is 9.18 Å². The molecule has 8 heteroatoms. The number of hydrogen-bond acceptors (Lipinski definition) is 4. The minimum Gasteiger partial charge on any atom is -0.394 e. The summed E-state index contributed by atoms with van der Waals surface area (Å²) < 4.78 is 19.5. The Bertz CT molecular complexity index is 528. The minimum atomic E-state index is -1.36. The molecule has 0 bridgehead atoms. The normalized spacial score (nSPS) is 28.5. The van der Waals surface area contributed by atoms with Crippen LogP contribution < -0.4 is 11.2 Å². The van der Waals surface area contributed by atoms with Gasteiger partial charge in [-0.1, -0.05) is 11.6 Å². The second-order valence-electron chi connectivity index (χ2n) is 3.71. The molecule has 1 aromatic heterocycles. The lowest BCUT2D eigenvalue weighted by Gasteiger charge is -2.14. The van der Waals surface area contributed by atoms with E-state index in [9.17, 15) is 14.0 Å². The van der Waals surface area contributed by atoms with Gasteiger partial charge >= 0.3 is 5.69 Å². The van der Waals surface area contributed by atoms with Crippen molar-refractivity contribution in [2.45, 2.75) is 24.9 Å². The Labute approximate surface area is 99.6 Å². The second-order valence-corrected chi connectivity index (χ2v) is 4.11. The highest BCUT2D eigenvalue weighted by atomic mass is 35.5. The first-order chi connectivity index (χ1) is 8.02. The first-order valence-electron chi connectivity index (χ1n) is 4.94. The van der Waals surface area contributed by atoms with Crippen molar-refractivity contribution in [1.82, 2.24) is 9.55 Å². The Morgan fingerprint density at radius 1 is 1.65 bits per heavy atom. The van der Waals surface area contributed by atoms with Crippen LogP contribution in [0.1, 0.15) is 12.6 Å². The molecule has 0 saturated carbocycles. The second kappa shape index (κ2) is 4.59. The maximum atomic E-state index is 13.3. The summed E-state index contributed by atoms with van der Waals surface area (Å²) in [6, 6.07) is 0. The molecule has 0 aromatic carbocycles. The number of hydrogen-bond donors (Lipinski definition) is 2. The molecule has 17 heavy (non-hydrogen) atoms. The third-order valence-corrected chi connectivity index (χ3v) is 2.85. The molecule has 1 unspecified atom stereocenters. The number of aromatic amines is 1. The maximum absolute atomic E-state index is 13.3. The molecule has 0 spiro atoms. The molecule has 1 fully saturated rings. The summed E-state index contributed by atoms with van der Waals surface area (Å²) in [6.07, 6.45) is -2.17. The Kier molecular flexibility index (Phi) is 3.32. The summed E-state index contributed by atoms with van der Waals surface area (Å²) in [5, 5.41) is 8.65. The third-order valence-electron chi connectivity index (χ3n) is 2.58. The molecule has 2 N–H and O–H groups in total. The smallest absolute Gasteiger partial charge is 0.330 e. The van der Waals surface area contributed by atoms with E-state index in [1.807, 2.05) is 4.98 Å². The van der Waals surface area contributed by atoms with Gasteiger partial charge in [0.1, 0.15) is 23.5 Å². The van der Waals surface area contributed by atoms with Gasteiger partial charge < -0.3 is 9.84 Å². The van der Waals surface area contributed by atoms with Gasteiger partial charge in [-0.05, 0) is 0 Å². The van der Waals surface area contributed by atoms with Crippen LogP contribution in [0.5, 0.6) is 0 Å². The fraction of sp³-hybridized carbons (Fsp3) is 0.556. The molecule has 94 valence electrons. The summed E-state index contributed by atoms with van der Waals surface area (Å²) in [6.45, 7) is -0.469. The van der Waals surface area contributed by atoms with E-state index in [1.165, 1.54) is 0 Å². The van der Waals surface area contributed by atoms with Gasteiger partial charge in [0, 0.05) is 12.6 Å². The number of nitrogens with one attached hydrogen (secondary N) is 1. The quantitative estimate of drug-likeness (QED) is 0.775. The topological polar surface area (TPSA) is 84.3 Å². The number of halogens is 2. The van der Waals surface area contributed by atoms with Gasteiger partial charge in [0.15, 0.2) is 0 Å². The Balaban J connectivity index is 2.34. The average Bonchev–Trinajstić information content (AvgIpc) is 2.65. The summed E-state index contributed by atoms with van der Waals surface area (Å²) >= 11 is 5.57. The first kappa shape index (κ1) is 12.3. The molecule has 3 atom stereocenters. The minimum absolute atomic E-state index is 0.0759. The zero-order chi connectivity index (χ0) is 12.6. The van der Waals surface area contributed by atoms with Crippen LogP contribution in [0.15, 0.2) is 15.8 Å². The molecule has 1 saturated heterocycles. The van der Waals surface area contributed by atoms with E-state index in [-0.39, 0.29) is 11.4 Å². The van der Waals surface area contributed by atoms with E-state index < -0.39 is 36.4 Å². The summed E-state index contributed by atoms with van der Waals surface area (Å²) in [7, 11) is 0. The van der Waals surface area contributed by atoms with Crippen LogP contribution in [0.2, 0.25) is 5.02 Å². The number of rotatable bonds is 2. The van der Waals surface area contributed by atoms with E-state index in [1.54, 1.807) is 0 Å². The molecule has 2 rings (SSSR count). The van der Waals surface area contributed by atoms with E-state index >= 15 is 0 Å². The summed E-state index contributed by atoms with van der Waals surface area (Å²) in [5.74, 6) is 0. The summed E-state index contributed by atoms with van der Waals surface area (Å²) in [5.41, 5.74) is -1.43. The lowest BCUT2D eigenvalue weighted by Crippen LogP contribution is -2.32. The SMILES string of the molecule is O=c1[nH]c(=O)n([C@H]2CC(F)[C@@H](CO)O2)cc1Cl. The van der Waals surface area contributed by atoms with Crippen LogP contribution in [-0.4, -0.2) is 33.5 Å². The van der Waals surface area contributed by atoms with Crippen molar-refractivity contribution in [3.63, 3.8) is 0 Å². The standard InChI is InChI=1S/C9H10ClFN2O4/c10-4-2-13(9(16)12-8(4)15)7-1-5(11)6(3-14)17-7/h2,5-7,14H,1,3H2,(H,12,15,16)/t5?,6-,7-/m1/s1. The fourth-order valence-corrected chi connectivity index (χ4v) is 1.85. The molecular formula is C9H10ClFN2O4. The monoisotopic (exact) mass is 264 g/mol. The molecule has 0 radical (unpaired) electrons. The van der Waals surface area contributed by atoms with Crippen molar-refractivity contribution in [3.05, 3.63) is 32.1 Å². The molecule has 1 aliphatic rings. The molecular weight excluding hydrogens is 255 g/mol. The third kappa shape index (κ3) is 2.26. The lowest BCUT2D eigenvalue weighted by molar-refractivity contribution is -0.0356. The number of aromatic nitrogens is 2. The van der Waals surface area contributed by atoms with Crippen molar-refractivity contribution in [3.8, 4) is 0 Å². The van der Waals surface area contributed by atoms with Gasteiger partial charge in [0.2, 0.25) is 0 Å². The van der Waals surface area contributed by atoms with E-state index in [2.05, 4.69) is 0 Å². The predicted octanol–water partition coefficient (Wildman–Crippen LogP) is -0.192. The number of ether oxygens (including phenoxy) is 1. The van der Waals surface area contributed by atoms with E-state index in [0.29, 0.717) is 0 Å². The van der Waals surface area contributed by atoms with Gasteiger partial charge in [0.05, 0.1) is 6.61 Å². The number of H-pyrrole nitrogens is 1. The lowest BCUT2D eigenvalue weighted by atomic mass is 10.2. The largest absolute Gasteiger partial charge is 0.394 e.